The van der Waals surface area contributed by atoms with Gasteiger partial charge in [-0.3, -0.25) is 4.79 Å². The van der Waals surface area contributed by atoms with Crippen LogP contribution < -0.4 is 21.1 Å². The summed E-state index contributed by atoms with van der Waals surface area (Å²) in [5, 5.41) is 14.1. The monoisotopic (exact) mass is 326 g/mol. The van der Waals surface area contributed by atoms with E-state index in [4.69, 9.17) is 15.6 Å². The Labute approximate surface area is 132 Å². The van der Waals surface area contributed by atoms with Gasteiger partial charge in [0.1, 0.15) is 5.56 Å². The molecule has 2 amide bonds. The minimum atomic E-state index is -1.04. The first-order chi connectivity index (χ1) is 10.9. The molecule has 0 saturated heterocycles. The fourth-order valence-corrected chi connectivity index (χ4v) is 2.66. The summed E-state index contributed by atoms with van der Waals surface area (Å²) < 4.78 is 19.0. The number of rotatable bonds is 5. The van der Waals surface area contributed by atoms with Crippen molar-refractivity contribution in [3.05, 3.63) is 17.4 Å². The maximum absolute atomic E-state index is 14.1. The highest BCUT2D eigenvalue weighted by molar-refractivity contribution is 5.95. The summed E-state index contributed by atoms with van der Waals surface area (Å²) in [6.45, 7) is 0. The molecule has 23 heavy (non-hydrogen) atoms. The molecule has 0 spiro atoms. The van der Waals surface area contributed by atoms with Gasteiger partial charge in [-0.25, -0.2) is 9.18 Å². The number of nitrogens with two attached hydrogens (primary N) is 1. The van der Waals surface area contributed by atoms with Crippen molar-refractivity contribution >= 4 is 17.8 Å². The molecule has 1 heterocycles. The van der Waals surface area contributed by atoms with Gasteiger partial charge in [0.2, 0.25) is 5.88 Å². The SMILES string of the molecule is COc1nc(NC2CCC(NC(=O)O)CC2)c(F)cc1C(N)=O. The average molecular weight is 326 g/mol. The number of nitrogens with one attached hydrogen (secondary N) is 2. The fraction of sp³-hybridized carbons (Fsp3) is 0.500. The maximum Gasteiger partial charge on any atom is 0.404 e. The molecular formula is C14H19FN4O4. The molecule has 126 valence electrons. The van der Waals surface area contributed by atoms with Gasteiger partial charge in [-0.1, -0.05) is 0 Å². The Hall–Kier alpha value is -2.58. The molecule has 8 nitrogen and oxygen atoms in total. The van der Waals surface area contributed by atoms with Gasteiger partial charge < -0.3 is 26.2 Å². The lowest BCUT2D eigenvalue weighted by Crippen LogP contribution is -2.39. The van der Waals surface area contributed by atoms with E-state index in [0.717, 1.165) is 6.07 Å². The van der Waals surface area contributed by atoms with Crippen molar-refractivity contribution in [3.63, 3.8) is 0 Å². The molecule has 5 N–H and O–H groups in total. The standard InChI is InChI=1S/C14H19FN4O4/c1-23-13-9(11(16)20)6-10(15)12(19-13)17-7-2-4-8(5-3-7)18-14(21)22/h6-8,18H,2-5H2,1H3,(H2,16,20)(H,17,19)(H,21,22). The highest BCUT2D eigenvalue weighted by Crippen LogP contribution is 2.26. The molecule has 1 aromatic heterocycles. The Morgan fingerprint density at radius 1 is 1.35 bits per heavy atom. The number of primary amides is 1. The molecule has 9 heteroatoms. The summed E-state index contributed by atoms with van der Waals surface area (Å²) in [4.78, 5) is 25.8. The molecule has 1 saturated carbocycles. The smallest absolute Gasteiger partial charge is 0.404 e. The molecule has 1 fully saturated rings. The van der Waals surface area contributed by atoms with Gasteiger partial charge >= 0.3 is 6.09 Å². The summed E-state index contributed by atoms with van der Waals surface area (Å²) in [5.41, 5.74) is 5.03. The number of pyridine rings is 1. The molecule has 0 aliphatic heterocycles. The summed E-state index contributed by atoms with van der Waals surface area (Å²) in [7, 11) is 1.32. The van der Waals surface area contributed by atoms with E-state index in [1.54, 1.807) is 0 Å². The van der Waals surface area contributed by atoms with E-state index < -0.39 is 17.8 Å². The molecule has 0 aromatic carbocycles. The number of carbonyl (C=O) groups is 2. The zero-order valence-corrected chi connectivity index (χ0v) is 12.6. The average Bonchev–Trinajstić information content (AvgIpc) is 2.50. The van der Waals surface area contributed by atoms with Crippen LogP contribution in [-0.4, -0.2) is 41.3 Å². The predicted molar refractivity (Wildman–Crippen MR) is 80.1 cm³/mol. The topological polar surface area (TPSA) is 127 Å². The van der Waals surface area contributed by atoms with Gasteiger partial charge in [0.15, 0.2) is 11.6 Å². The van der Waals surface area contributed by atoms with Crippen molar-refractivity contribution < 1.29 is 23.8 Å². The highest BCUT2D eigenvalue weighted by atomic mass is 19.1. The fourth-order valence-electron chi connectivity index (χ4n) is 2.66. The molecular weight excluding hydrogens is 307 g/mol. The Morgan fingerprint density at radius 2 is 1.96 bits per heavy atom. The second kappa shape index (κ2) is 7.12. The number of aromatic nitrogens is 1. The largest absolute Gasteiger partial charge is 0.480 e. The molecule has 0 bridgehead atoms. The minimum absolute atomic E-state index is 0.0125. The first-order valence-electron chi connectivity index (χ1n) is 7.21. The van der Waals surface area contributed by atoms with Gasteiger partial charge in [0.05, 0.1) is 7.11 Å². The summed E-state index contributed by atoms with van der Waals surface area (Å²) in [6.07, 6.45) is 1.61. The highest BCUT2D eigenvalue weighted by Gasteiger charge is 2.24. The Kier molecular flexibility index (Phi) is 5.20. The number of methoxy groups -OCH3 is 1. The third-order valence-corrected chi connectivity index (χ3v) is 3.80. The van der Waals surface area contributed by atoms with Gasteiger partial charge in [-0.15, -0.1) is 0 Å². The van der Waals surface area contributed by atoms with Crippen LogP contribution in [0.2, 0.25) is 0 Å². The number of halogens is 1. The van der Waals surface area contributed by atoms with Crippen LogP contribution in [0, 0.1) is 5.82 Å². The van der Waals surface area contributed by atoms with Gasteiger partial charge in [0, 0.05) is 12.1 Å². The lowest BCUT2D eigenvalue weighted by atomic mass is 9.91. The van der Waals surface area contributed by atoms with Crippen LogP contribution in [0.1, 0.15) is 36.0 Å². The van der Waals surface area contributed by atoms with Crippen molar-refractivity contribution in [3.8, 4) is 5.88 Å². The molecule has 1 aliphatic rings. The lowest BCUT2D eigenvalue weighted by Gasteiger charge is -2.29. The van der Waals surface area contributed by atoms with Crippen molar-refractivity contribution in [2.75, 3.05) is 12.4 Å². The van der Waals surface area contributed by atoms with Crippen LogP contribution in [0.25, 0.3) is 0 Å². The van der Waals surface area contributed by atoms with E-state index in [1.165, 1.54) is 7.11 Å². The number of anilines is 1. The second-order valence-corrected chi connectivity index (χ2v) is 5.38. The maximum atomic E-state index is 14.1. The molecule has 2 rings (SSSR count). The number of hydrogen-bond acceptors (Lipinski definition) is 5. The quantitative estimate of drug-likeness (QED) is 0.646. The van der Waals surface area contributed by atoms with Gasteiger partial charge in [-0.05, 0) is 31.7 Å². The minimum Gasteiger partial charge on any atom is -0.480 e. The van der Waals surface area contributed by atoms with Crippen LogP contribution >= 0.6 is 0 Å². The van der Waals surface area contributed by atoms with Crippen molar-refractivity contribution in [2.24, 2.45) is 5.73 Å². The number of nitrogens with zero attached hydrogens (tertiary/aromatic N) is 1. The zero-order valence-electron chi connectivity index (χ0n) is 12.6. The molecule has 1 aliphatic carbocycles. The number of carboxylic acid groups (broad SMARTS) is 1. The first kappa shape index (κ1) is 16.8. The first-order valence-corrected chi connectivity index (χ1v) is 7.21. The number of ether oxygens (including phenoxy) is 1. The second-order valence-electron chi connectivity index (χ2n) is 5.38. The summed E-state index contributed by atoms with van der Waals surface area (Å²) >= 11 is 0. The van der Waals surface area contributed by atoms with Crippen LogP contribution in [0.15, 0.2) is 6.07 Å². The normalized spacial score (nSPS) is 20.6. The Morgan fingerprint density at radius 3 is 2.48 bits per heavy atom. The molecule has 0 radical (unpaired) electrons. The van der Waals surface area contributed by atoms with E-state index in [1.807, 2.05) is 0 Å². The third-order valence-electron chi connectivity index (χ3n) is 3.80. The van der Waals surface area contributed by atoms with Crippen LogP contribution in [0.3, 0.4) is 0 Å². The molecule has 0 unspecified atom stereocenters. The van der Waals surface area contributed by atoms with Crippen LogP contribution in [0.5, 0.6) is 5.88 Å². The Balaban J connectivity index is 2.04. The van der Waals surface area contributed by atoms with Crippen molar-refractivity contribution in [1.29, 1.82) is 0 Å². The molecule has 1 aromatic rings. The number of amides is 2. The van der Waals surface area contributed by atoms with E-state index in [9.17, 15) is 14.0 Å². The van der Waals surface area contributed by atoms with E-state index in [0.29, 0.717) is 25.7 Å². The van der Waals surface area contributed by atoms with E-state index in [-0.39, 0.29) is 29.3 Å². The molecule has 0 atom stereocenters. The van der Waals surface area contributed by atoms with Gasteiger partial charge in [-0.2, -0.15) is 4.98 Å². The Bertz CT molecular complexity index is 603. The van der Waals surface area contributed by atoms with Crippen molar-refractivity contribution in [1.82, 2.24) is 10.3 Å². The van der Waals surface area contributed by atoms with Gasteiger partial charge in [0.25, 0.3) is 5.91 Å². The lowest BCUT2D eigenvalue weighted by molar-refractivity contribution is 0.0996. The summed E-state index contributed by atoms with van der Waals surface area (Å²) in [5.74, 6) is -1.56. The number of carbonyl (C=O) groups excluding carboxylic acids is 1. The summed E-state index contributed by atoms with van der Waals surface area (Å²) in [6, 6.07) is 0.872. The van der Waals surface area contributed by atoms with E-state index in [2.05, 4.69) is 15.6 Å². The van der Waals surface area contributed by atoms with Crippen LogP contribution in [0.4, 0.5) is 15.0 Å². The van der Waals surface area contributed by atoms with Crippen LogP contribution in [-0.2, 0) is 0 Å². The van der Waals surface area contributed by atoms with Crippen molar-refractivity contribution in [2.45, 2.75) is 37.8 Å². The third kappa shape index (κ3) is 4.21. The number of hydrogen-bond donors (Lipinski definition) is 4. The predicted octanol–water partition coefficient (Wildman–Crippen LogP) is 1.32. The zero-order chi connectivity index (χ0) is 17.0. The van der Waals surface area contributed by atoms with E-state index >= 15 is 0 Å².